The van der Waals surface area contributed by atoms with Gasteiger partial charge in [0.15, 0.2) is 0 Å². The van der Waals surface area contributed by atoms with Crippen molar-refractivity contribution in [3.8, 4) is 0 Å². The summed E-state index contributed by atoms with van der Waals surface area (Å²) in [5.41, 5.74) is 8.43. The van der Waals surface area contributed by atoms with E-state index in [1.54, 1.807) is 0 Å². The number of pyridine rings is 1. The van der Waals surface area contributed by atoms with Gasteiger partial charge in [0.1, 0.15) is 0 Å². The SMILES string of the molecule is CN(Cc1ccnc2ccccc12)C1CCCCC1CN. The van der Waals surface area contributed by atoms with Crippen LogP contribution in [0.1, 0.15) is 31.2 Å². The van der Waals surface area contributed by atoms with E-state index in [1.807, 2.05) is 6.20 Å². The average Bonchev–Trinajstić information content (AvgIpc) is 2.55. The van der Waals surface area contributed by atoms with Gasteiger partial charge in [-0.1, -0.05) is 31.0 Å². The number of nitrogens with zero attached hydrogens (tertiary/aromatic N) is 2. The van der Waals surface area contributed by atoms with Crippen molar-refractivity contribution in [2.45, 2.75) is 38.3 Å². The molecule has 3 rings (SSSR count). The second kappa shape index (κ2) is 6.54. The first-order valence-electron chi connectivity index (χ1n) is 8.02. The molecule has 1 aliphatic carbocycles. The fraction of sp³-hybridized carbons (Fsp3) is 0.500. The molecule has 3 nitrogen and oxygen atoms in total. The van der Waals surface area contributed by atoms with Crippen molar-refractivity contribution in [3.05, 3.63) is 42.1 Å². The molecule has 1 aliphatic rings. The summed E-state index contributed by atoms with van der Waals surface area (Å²) in [7, 11) is 2.24. The highest BCUT2D eigenvalue weighted by atomic mass is 15.1. The van der Waals surface area contributed by atoms with Crippen LogP contribution >= 0.6 is 0 Å². The zero-order chi connectivity index (χ0) is 14.7. The third-order valence-corrected chi connectivity index (χ3v) is 4.90. The van der Waals surface area contributed by atoms with Crippen LogP contribution in [0.2, 0.25) is 0 Å². The number of fused-ring (bicyclic) bond motifs is 1. The highest BCUT2D eigenvalue weighted by Crippen LogP contribution is 2.28. The Labute approximate surface area is 127 Å². The number of hydrogen-bond donors (Lipinski definition) is 1. The van der Waals surface area contributed by atoms with Crippen molar-refractivity contribution in [2.75, 3.05) is 13.6 Å². The summed E-state index contributed by atoms with van der Waals surface area (Å²) >= 11 is 0. The Bertz CT molecular complexity index is 591. The monoisotopic (exact) mass is 283 g/mol. The minimum atomic E-state index is 0.621. The first-order chi connectivity index (χ1) is 10.3. The lowest BCUT2D eigenvalue weighted by molar-refractivity contribution is 0.128. The van der Waals surface area contributed by atoms with Gasteiger partial charge in [-0.3, -0.25) is 9.88 Å². The first kappa shape index (κ1) is 14.5. The van der Waals surface area contributed by atoms with Gasteiger partial charge in [0.25, 0.3) is 0 Å². The Morgan fingerprint density at radius 3 is 2.86 bits per heavy atom. The topological polar surface area (TPSA) is 42.2 Å². The predicted octanol–water partition coefficient (Wildman–Crippen LogP) is 3.18. The van der Waals surface area contributed by atoms with Gasteiger partial charge in [0, 0.05) is 24.2 Å². The fourth-order valence-electron chi connectivity index (χ4n) is 3.72. The van der Waals surface area contributed by atoms with Gasteiger partial charge in [-0.15, -0.1) is 0 Å². The second-order valence-corrected chi connectivity index (χ2v) is 6.25. The van der Waals surface area contributed by atoms with Crippen molar-refractivity contribution in [2.24, 2.45) is 11.7 Å². The number of para-hydroxylation sites is 1. The van der Waals surface area contributed by atoms with E-state index in [-0.39, 0.29) is 0 Å². The van der Waals surface area contributed by atoms with Crippen LogP contribution in [0, 0.1) is 5.92 Å². The van der Waals surface area contributed by atoms with Gasteiger partial charge >= 0.3 is 0 Å². The number of benzene rings is 1. The third kappa shape index (κ3) is 3.09. The Balaban J connectivity index is 1.81. The van der Waals surface area contributed by atoms with Gasteiger partial charge in [0.2, 0.25) is 0 Å². The van der Waals surface area contributed by atoms with Gasteiger partial charge in [-0.05, 0) is 50.0 Å². The van der Waals surface area contributed by atoms with Gasteiger partial charge < -0.3 is 5.73 Å². The lowest BCUT2D eigenvalue weighted by atomic mass is 9.83. The van der Waals surface area contributed by atoms with Crippen molar-refractivity contribution >= 4 is 10.9 Å². The third-order valence-electron chi connectivity index (χ3n) is 4.90. The molecule has 2 N–H and O–H groups in total. The van der Waals surface area contributed by atoms with E-state index < -0.39 is 0 Å². The van der Waals surface area contributed by atoms with Gasteiger partial charge in [-0.2, -0.15) is 0 Å². The van der Waals surface area contributed by atoms with E-state index in [4.69, 9.17) is 5.73 Å². The molecule has 0 amide bonds. The molecule has 1 saturated carbocycles. The molecule has 0 saturated heterocycles. The summed E-state index contributed by atoms with van der Waals surface area (Å²) in [5.74, 6) is 0.650. The molecule has 0 radical (unpaired) electrons. The molecular weight excluding hydrogens is 258 g/mol. The minimum Gasteiger partial charge on any atom is -0.330 e. The maximum absolute atomic E-state index is 5.98. The molecule has 2 unspecified atom stereocenters. The molecule has 2 aromatic rings. The molecule has 3 heteroatoms. The number of aromatic nitrogens is 1. The van der Waals surface area contributed by atoms with E-state index in [0.717, 1.165) is 18.6 Å². The van der Waals surface area contributed by atoms with E-state index in [0.29, 0.717) is 12.0 Å². The predicted molar refractivity (Wildman–Crippen MR) is 88.0 cm³/mol. The van der Waals surface area contributed by atoms with Crippen LogP contribution in [0.25, 0.3) is 10.9 Å². The van der Waals surface area contributed by atoms with Crippen LogP contribution in [-0.4, -0.2) is 29.5 Å². The van der Waals surface area contributed by atoms with Crippen LogP contribution < -0.4 is 5.73 Å². The normalized spacial score (nSPS) is 22.8. The van der Waals surface area contributed by atoms with Crippen LogP contribution in [-0.2, 0) is 6.54 Å². The summed E-state index contributed by atoms with van der Waals surface area (Å²) < 4.78 is 0. The highest BCUT2D eigenvalue weighted by molar-refractivity contribution is 5.81. The summed E-state index contributed by atoms with van der Waals surface area (Å²) in [4.78, 5) is 6.95. The van der Waals surface area contributed by atoms with Gasteiger partial charge in [0.05, 0.1) is 5.52 Å². The molecule has 21 heavy (non-hydrogen) atoms. The van der Waals surface area contributed by atoms with Crippen LogP contribution in [0.4, 0.5) is 0 Å². The maximum atomic E-state index is 5.98. The zero-order valence-corrected chi connectivity index (χ0v) is 12.8. The molecule has 1 aromatic carbocycles. The minimum absolute atomic E-state index is 0.621. The number of rotatable bonds is 4. The maximum Gasteiger partial charge on any atom is 0.0705 e. The molecule has 0 bridgehead atoms. The van der Waals surface area contributed by atoms with E-state index >= 15 is 0 Å². The Morgan fingerprint density at radius 2 is 2.00 bits per heavy atom. The molecule has 2 atom stereocenters. The highest BCUT2D eigenvalue weighted by Gasteiger charge is 2.27. The standard InChI is InChI=1S/C18H25N3/c1-21(18-9-5-2-6-14(18)12-19)13-15-10-11-20-17-8-4-3-7-16(15)17/h3-4,7-8,10-11,14,18H,2,5-6,9,12-13,19H2,1H3. The largest absolute Gasteiger partial charge is 0.330 e. The fourth-order valence-corrected chi connectivity index (χ4v) is 3.72. The lowest BCUT2D eigenvalue weighted by Gasteiger charge is -2.37. The van der Waals surface area contributed by atoms with E-state index in [1.165, 1.54) is 36.6 Å². The molecule has 0 spiro atoms. The van der Waals surface area contributed by atoms with E-state index in [9.17, 15) is 0 Å². The second-order valence-electron chi connectivity index (χ2n) is 6.25. The summed E-state index contributed by atoms with van der Waals surface area (Å²) in [5, 5.41) is 1.27. The van der Waals surface area contributed by atoms with Crippen molar-refractivity contribution < 1.29 is 0 Å². The van der Waals surface area contributed by atoms with Gasteiger partial charge in [-0.25, -0.2) is 0 Å². The molecule has 0 aliphatic heterocycles. The zero-order valence-electron chi connectivity index (χ0n) is 12.8. The first-order valence-corrected chi connectivity index (χ1v) is 8.02. The summed E-state index contributed by atoms with van der Waals surface area (Å²) in [6.07, 6.45) is 7.16. The van der Waals surface area contributed by atoms with Crippen molar-refractivity contribution in [1.82, 2.24) is 9.88 Å². The average molecular weight is 283 g/mol. The summed E-state index contributed by atoms with van der Waals surface area (Å²) in [6.45, 7) is 1.79. The Hall–Kier alpha value is -1.45. The smallest absolute Gasteiger partial charge is 0.0705 e. The van der Waals surface area contributed by atoms with Crippen LogP contribution in [0.5, 0.6) is 0 Å². The molecule has 1 fully saturated rings. The molecule has 1 heterocycles. The number of nitrogens with two attached hydrogens (primary N) is 1. The van der Waals surface area contributed by atoms with E-state index in [2.05, 4.69) is 47.3 Å². The molecular formula is C18H25N3. The number of hydrogen-bond acceptors (Lipinski definition) is 3. The van der Waals surface area contributed by atoms with Crippen molar-refractivity contribution in [3.63, 3.8) is 0 Å². The summed E-state index contributed by atoms with van der Waals surface area (Å²) in [6, 6.07) is 11.2. The Morgan fingerprint density at radius 1 is 1.19 bits per heavy atom. The van der Waals surface area contributed by atoms with Crippen molar-refractivity contribution in [1.29, 1.82) is 0 Å². The quantitative estimate of drug-likeness (QED) is 0.937. The lowest BCUT2D eigenvalue weighted by Crippen LogP contribution is -2.42. The van der Waals surface area contributed by atoms with Crippen LogP contribution in [0.3, 0.4) is 0 Å². The molecule has 112 valence electrons. The molecule has 1 aromatic heterocycles. The Kier molecular flexibility index (Phi) is 4.51. The van der Waals surface area contributed by atoms with Crippen LogP contribution in [0.15, 0.2) is 36.5 Å².